The molecule has 0 heterocycles. The standard InChI is InChI=1S/C61H118O17P2/c1-6-9-12-15-17-19-21-22-27-30-35-40-45-59(64)72-51-57(78-61(66)47-42-37-32-28-24-23-25-29-34-38-43-54(4)5)53-76-80(69,70)74-49-55(62)48-73-79(67,68)75-52-56(50-71-58(63)44-39-33-14-11-8-3)77-60(65)46-41-36-31-26-20-18-16-13-10-7-2/h54-57,62H,6-53H2,1-5H3,(H,67,68)(H,69,70)/t55-,56+,57+/m0/s1. The second kappa shape index (κ2) is 55.0. The SMILES string of the molecule is CCCCCCCCCCCCCCC(=O)OC[C@H](COP(=O)(O)OC[C@@H](O)COP(=O)(O)OC[C@@H](COC(=O)CCCCCCC)OC(=O)CCCCCCCCCCCC)OC(=O)CCCCCCCCCCCCC(C)C. The lowest BCUT2D eigenvalue weighted by atomic mass is 10.0. The molecule has 474 valence electrons. The van der Waals surface area contributed by atoms with Crippen LogP contribution in [0.2, 0.25) is 0 Å². The van der Waals surface area contributed by atoms with Crippen LogP contribution in [0.4, 0.5) is 0 Å². The molecule has 19 heteroatoms. The van der Waals surface area contributed by atoms with E-state index in [9.17, 15) is 43.2 Å². The van der Waals surface area contributed by atoms with E-state index in [-0.39, 0.29) is 25.7 Å². The summed E-state index contributed by atoms with van der Waals surface area (Å²) in [5.41, 5.74) is 0. The summed E-state index contributed by atoms with van der Waals surface area (Å²) >= 11 is 0. The van der Waals surface area contributed by atoms with Crippen molar-refractivity contribution >= 4 is 39.5 Å². The Kier molecular flexibility index (Phi) is 53.6. The predicted molar refractivity (Wildman–Crippen MR) is 317 cm³/mol. The molecule has 0 saturated carbocycles. The molecule has 0 aliphatic rings. The predicted octanol–water partition coefficient (Wildman–Crippen LogP) is 16.6. The van der Waals surface area contributed by atoms with Crippen LogP contribution in [0, 0.1) is 5.92 Å². The molecule has 0 aromatic heterocycles. The van der Waals surface area contributed by atoms with Crippen LogP contribution in [0.5, 0.6) is 0 Å². The Morgan fingerprint density at radius 2 is 0.575 bits per heavy atom. The highest BCUT2D eigenvalue weighted by atomic mass is 31.2. The lowest BCUT2D eigenvalue weighted by Gasteiger charge is -2.21. The monoisotopic (exact) mass is 1180 g/mol. The van der Waals surface area contributed by atoms with E-state index in [1.165, 1.54) is 122 Å². The first-order chi connectivity index (χ1) is 38.5. The molecule has 0 amide bonds. The van der Waals surface area contributed by atoms with E-state index in [4.69, 9.17) is 37.0 Å². The second-order valence-corrected chi connectivity index (χ2v) is 25.5. The van der Waals surface area contributed by atoms with Crippen LogP contribution in [0.3, 0.4) is 0 Å². The molecule has 17 nitrogen and oxygen atoms in total. The van der Waals surface area contributed by atoms with Gasteiger partial charge in [-0.25, -0.2) is 9.13 Å². The van der Waals surface area contributed by atoms with Crippen LogP contribution in [-0.2, 0) is 65.4 Å². The third kappa shape index (κ3) is 55.3. The average Bonchev–Trinajstić information content (AvgIpc) is 3.42. The fourth-order valence-electron chi connectivity index (χ4n) is 9.05. The van der Waals surface area contributed by atoms with Gasteiger partial charge in [0.15, 0.2) is 12.2 Å². The zero-order valence-corrected chi connectivity index (χ0v) is 53.0. The van der Waals surface area contributed by atoms with E-state index in [0.29, 0.717) is 25.7 Å². The molecular weight excluding hydrogens is 1070 g/mol. The van der Waals surface area contributed by atoms with Gasteiger partial charge in [0.2, 0.25) is 0 Å². The second-order valence-electron chi connectivity index (χ2n) is 22.6. The Hall–Kier alpha value is -1.94. The Balaban J connectivity index is 5.18. The Labute approximate surface area is 486 Å². The maximum absolute atomic E-state index is 12.9. The van der Waals surface area contributed by atoms with Crippen LogP contribution in [0.25, 0.3) is 0 Å². The Bertz CT molecular complexity index is 1570. The van der Waals surface area contributed by atoms with Gasteiger partial charge in [0, 0.05) is 25.7 Å². The fourth-order valence-corrected chi connectivity index (χ4v) is 10.6. The van der Waals surface area contributed by atoms with Gasteiger partial charge in [-0.15, -0.1) is 0 Å². The van der Waals surface area contributed by atoms with Gasteiger partial charge in [0.25, 0.3) is 0 Å². The van der Waals surface area contributed by atoms with Gasteiger partial charge in [0.1, 0.15) is 19.3 Å². The fraction of sp³-hybridized carbons (Fsp3) is 0.934. The Morgan fingerprint density at radius 3 is 0.850 bits per heavy atom. The zero-order chi connectivity index (χ0) is 59.2. The highest BCUT2D eigenvalue weighted by Crippen LogP contribution is 2.45. The number of carbonyl (C=O) groups excluding carboxylic acids is 4. The van der Waals surface area contributed by atoms with Crippen LogP contribution < -0.4 is 0 Å². The number of hydrogen-bond acceptors (Lipinski definition) is 15. The maximum atomic E-state index is 12.9. The number of carbonyl (C=O) groups is 4. The van der Waals surface area contributed by atoms with E-state index in [1.807, 2.05) is 0 Å². The van der Waals surface area contributed by atoms with Crippen LogP contribution in [-0.4, -0.2) is 96.7 Å². The average molecular weight is 1190 g/mol. The summed E-state index contributed by atoms with van der Waals surface area (Å²) in [6.07, 6.45) is 37.8. The van der Waals surface area contributed by atoms with Crippen molar-refractivity contribution in [1.82, 2.24) is 0 Å². The highest BCUT2D eigenvalue weighted by molar-refractivity contribution is 7.47. The summed E-state index contributed by atoms with van der Waals surface area (Å²) in [5.74, 6) is -1.39. The van der Waals surface area contributed by atoms with E-state index >= 15 is 0 Å². The minimum atomic E-state index is -4.94. The van der Waals surface area contributed by atoms with Gasteiger partial charge in [-0.2, -0.15) is 0 Å². The van der Waals surface area contributed by atoms with E-state index < -0.39 is 97.5 Å². The van der Waals surface area contributed by atoms with Crippen molar-refractivity contribution in [2.24, 2.45) is 5.92 Å². The summed E-state index contributed by atoms with van der Waals surface area (Å²) in [7, 11) is -9.87. The molecule has 3 N–H and O–H groups in total. The van der Waals surface area contributed by atoms with Crippen molar-refractivity contribution in [3.05, 3.63) is 0 Å². The smallest absolute Gasteiger partial charge is 0.462 e. The number of phosphoric acid groups is 2. The van der Waals surface area contributed by atoms with E-state index in [2.05, 4.69) is 34.6 Å². The first kappa shape index (κ1) is 78.1. The Morgan fingerprint density at radius 1 is 0.338 bits per heavy atom. The molecule has 0 aromatic rings. The van der Waals surface area contributed by atoms with Crippen LogP contribution in [0.1, 0.15) is 304 Å². The number of aliphatic hydroxyl groups is 1. The molecule has 0 saturated heterocycles. The number of unbranched alkanes of at least 4 members (excludes halogenated alkanes) is 33. The maximum Gasteiger partial charge on any atom is 0.472 e. The third-order valence-corrected chi connectivity index (χ3v) is 15.9. The molecule has 80 heavy (non-hydrogen) atoms. The van der Waals surface area contributed by atoms with Crippen molar-refractivity contribution in [3.63, 3.8) is 0 Å². The normalized spacial score (nSPS) is 14.3. The van der Waals surface area contributed by atoms with Crippen molar-refractivity contribution in [3.8, 4) is 0 Å². The van der Waals surface area contributed by atoms with Gasteiger partial charge in [-0.05, 0) is 31.6 Å². The molecule has 0 radical (unpaired) electrons. The third-order valence-electron chi connectivity index (χ3n) is 14.0. The van der Waals surface area contributed by atoms with Gasteiger partial charge >= 0.3 is 39.5 Å². The summed E-state index contributed by atoms with van der Waals surface area (Å²) in [5, 5.41) is 10.5. The minimum Gasteiger partial charge on any atom is -0.462 e. The van der Waals surface area contributed by atoms with Crippen LogP contribution in [0.15, 0.2) is 0 Å². The topological polar surface area (TPSA) is 237 Å². The molecule has 0 bridgehead atoms. The molecule has 5 atom stereocenters. The molecule has 0 fully saturated rings. The zero-order valence-electron chi connectivity index (χ0n) is 51.2. The van der Waals surface area contributed by atoms with Crippen molar-refractivity contribution in [2.75, 3.05) is 39.6 Å². The molecular formula is C61H118O17P2. The van der Waals surface area contributed by atoms with Gasteiger partial charge in [-0.3, -0.25) is 37.3 Å². The van der Waals surface area contributed by atoms with Gasteiger partial charge in [-0.1, -0.05) is 253 Å². The number of esters is 4. The number of ether oxygens (including phenoxy) is 4. The van der Waals surface area contributed by atoms with Gasteiger partial charge < -0.3 is 33.8 Å². The lowest BCUT2D eigenvalue weighted by molar-refractivity contribution is -0.161. The number of aliphatic hydroxyl groups excluding tert-OH is 1. The molecule has 2 unspecified atom stereocenters. The summed E-state index contributed by atoms with van der Waals surface area (Å²) in [4.78, 5) is 71.8. The minimum absolute atomic E-state index is 0.105. The summed E-state index contributed by atoms with van der Waals surface area (Å²) in [6, 6.07) is 0. The van der Waals surface area contributed by atoms with Crippen molar-refractivity contribution in [1.29, 1.82) is 0 Å². The van der Waals surface area contributed by atoms with Crippen molar-refractivity contribution in [2.45, 2.75) is 323 Å². The number of hydrogen-bond donors (Lipinski definition) is 3. The number of rotatable bonds is 61. The molecule has 0 aliphatic heterocycles. The summed E-state index contributed by atoms with van der Waals surface area (Å²) in [6.45, 7) is 7.07. The molecule has 0 spiro atoms. The number of phosphoric ester groups is 2. The lowest BCUT2D eigenvalue weighted by Crippen LogP contribution is -2.30. The molecule has 0 rings (SSSR count). The van der Waals surface area contributed by atoms with E-state index in [1.54, 1.807) is 0 Å². The van der Waals surface area contributed by atoms with Crippen LogP contribution >= 0.6 is 15.6 Å². The molecule has 0 aliphatic carbocycles. The quantitative estimate of drug-likeness (QED) is 0.0222. The molecule has 0 aromatic carbocycles. The van der Waals surface area contributed by atoms with E-state index in [0.717, 1.165) is 102 Å². The van der Waals surface area contributed by atoms with Gasteiger partial charge in [0.05, 0.1) is 26.4 Å². The first-order valence-electron chi connectivity index (χ1n) is 32.1. The van der Waals surface area contributed by atoms with Crippen molar-refractivity contribution < 1.29 is 80.2 Å². The highest BCUT2D eigenvalue weighted by Gasteiger charge is 2.30. The largest absolute Gasteiger partial charge is 0.472 e. The summed E-state index contributed by atoms with van der Waals surface area (Å²) < 4.78 is 67.7. The first-order valence-corrected chi connectivity index (χ1v) is 35.1.